The molecule has 0 spiro atoms. The van der Waals surface area contributed by atoms with E-state index in [-0.39, 0.29) is 35.3 Å². The van der Waals surface area contributed by atoms with Gasteiger partial charge in [-0.3, -0.25) is 11.5 Å². The minimum absolute atomic E-state index is 0. The van der Waals surface area contributed by atoms with E-state index in [0.717, 1.165) is 11.0 Å². The molecule has 2 nitrogen and oxygen atoms in total. The molecule has 0 aliphatic heterocycles. The first-order valence-electron chi connectivity index (χ1n) is 10.7. The van der Waals surface area contributed by atoms with Gasteiger partial charge in [-0.15, -0.1) is 20.1 Å². The molecule has 3 aromatic rings. The van der Waals surface area contributed by atoms with Crippen molar-refractivity contribution >= 4 is 32.2 Å². The molecule has 0 bridgehead atoms. The van der Waals surface area contributed by atoms with Gasteiger partial charge in [0.15, 0.2) is 0 Å². The van der Waals surface area contributed by atoms with Gasteiger partial charge in [0.25, 0.3) is 0 Å². The van der Waals surface area contributed by atoms with Gasteiger partial charge in [-0.05, 0) is 42.5 Å². The van der Waals surface area contributed by atoms with Gasteiger partial charge in [-0.2, -0.15) is 29.1 Å². The molecule has 5 heteroatoms. The molecule has 1 aromatic carbocycles. The second-order valence-electron chi connectivity index (χ2n) is 9.53. The van der Waals surface area contributed by atoms with Crippen LogP contribution in [0.3, 0.4) is 0 Å². The van der Waals surface area contributed by atoms with Crippen molar-refractivity contribution in [1.29, 1.82) is 0 Å². The van der Waals surface area contributed by atoms with Crippen LogP contribution in [0, 0.1) is 18.2 Å². The summed E-state index contributed by atoms with van der Waals surface area (Å²) in [5.74, 6) is 0. The van der Waals surface area contributed by atoms with Crippen LogP contribution in [0.15, 0.2) is 75.0 Å². The van der Waals surface area contributed by atoms with Crippen LogP contribution in [-0.4, -0.2) is 10.3 Å². The van der Waals surface area contributed by atoms with Crippen LogP contribution in [0.4, 0.5) is 0 Å². The Morgan fingerprint density at radius 2 is 1.52 bits per heavy atom. The summed E-state index contributed by atoms with van der Waals surface area (Å²) < 4.78 is 11.7. The molecular formula is C28H30FeO2P2. The Kier molecular flexibility index (Phi) is 9.77. The summed E-state index contributed by atoms with van der Waals surface area (Å²) >= 11 is 0. The molecule has 0 amide bonds. The summed E-state index contributed by atoms with van der Waals surface area (Å²) in [4.78, 5) is 0. The van der Waals surface area contributed by atoms with Crippen LogP contribution < -0.4 is 16.3 Å². The molecule has 1 aliphatic rings. The molecular weight excluding hydrogens is 486 g/mol. The molecule has 0 saturated heterocycles. The summed E-state index contributed by atoms with van der Waals surface area (Å²) in [6, 6.07) is 15.9. The first kappa shape index (κ1) is 27.6. The van der Waals surface area contributed by atoms with E-state index in [0.29, 0.717) is 5.66 Å². The van der Waals surface area contributed by atoms with Crippen LogP contribution >= 0.6 is 15.8 Å². The normalized spacial score (nSPS) is 13.4. The average molecular weight is 516 g/mol. The molecule has 1 atom stereocenters. The molecule has 172 valence electrons. The van der Waals surface area contributed by atoms with Crippen molar-refractivity contribution in [3.63, 3.8) is 0 Å². The molecule has 1 aliphatic carbocycles. The predicted octanol–water partition coefficient (Wildman–Crippen LogP) is 6.92. The average Bonchev–Trinajstić information content (AvgIpc) is 3.48. The Morgan fingerprint density at radius 3 is 1.88 bits per heavy atom. The zero-order valence-electron chi connectivity index (χ0n) is 20.3. The minimum atomic E-state index is -0.839. The number of hydrogen-bond acceptors (Lipinski definition) is 2. The van der Waals surface area contributed by atoms with Gasteiger partial charge in [-0.1, -0.05) is 54.1 Å². The van der Waals surface area contributed by atoms with Crippen LogP contribution in [0.25, 0.3) is 0 Å². The minimum Gasteiger partial charge on any atom is -0.465 e. The van der Waals surface area contributed by atoms with Crippen molar-refractivity contribution in [2.45, 2.75) is 64.4 Å². The number of furan rings is 2. The molecule has 0 saturated carbocycles. The molecule has 0 unspecified atom stereocenters. The number of allylic oxidation sites excluding steroid dienone is 2. The van der Waals surface area contributed by atoms with Crippen molar-refractivity contribution in [2.75, 3.05) is 0 Å². The fourth-order valence-electron chi connectivity index (χ4n) is 4.50. The third-order valence-electron chi connectivity index (χ3n) is 5.01. The van der Waals surface area contributed by atoms with E-state index in [9.17, 15) is 0 Å². The molecule has 2 radical (unpaired) electrons. The predicted molar refractivity (Wildman–Crippen MR) is 136 cm³/mol. The van der Waals surface area contributed by atoms with E-state index < -0.39 is 7.92 Å². The fraction of sp³-hybridized carbons (Fsp3) is 0.357. The first-order valence-corrected chi connectivity index (χ1v) is 13.4. The second-order valence-corrected chi connectivity index (χ2v) is 15.8. The van der Waals surface area contributed by atoms with Crippen molar-refractivity contribution < 1.29 is 25.9 Å². The maximum atomic E-state index is 5.83. The van der Waals surface area contributed by atoms with Crippen molar-refractivity contribution in [3.05, 3.63) is 89.9 Å². The van der Waals surface area contributed by atoms with E-state index in [1.165, 1.54) is 10.9 Å². The van der Waals surface area contributed by atoms with Gasteiger partial charge < -0.3 is 8.83 Å². The Morgan fingerprint density at radius 1 is 0.939 bits per heavy atom. The smallest absolute Gasteiger partial charge is 0.465 e. The first-order chi connectivity index (χ1) is 15.1. The van der Waals surface area contributed by atoms with Crippen molar-refractivity contribution in [3.8, 4) is 0 Å². The molecule has 0 fully saturated rings. The SMILES string of the molecule is C[C@H](c1[c][cH-]cc1P(c1ccco1)c1ccco1)P(C(C)(C)C)C(C)(C)C.[C]1=C=C=C=[C-]1.[Fe+2]. The number of hydrogen-bond donors (Lipinski definition) is 0. The summed E-state index contributed by atoms with van der Waals surface area (Å²) in [7, 11) is -1.13. The third kappa shape index (κ3) is 6.93. The topological polar surface area (TPSA) is 26.3 Å². The van der Waals surface area contributed by atoms with Gasteiger partial charge in [-0.25, -0.2) is 5.73 Å². The molecule has 2 heterocycles. The second kappa shape index (κ2) is 11.7. The Labute approximate surface area is 211 Å². The molecule has 0 N–H and O–H groups in total. The van der Waals surface area contributed by atoms with Crippen LogP contribution in [0.2, 0.25) is 0 Å². The van der Waals surface area contributed by atoms with Crippen LogP contribution in [-0.2, 0) is 17.1 Å². The molecule has 33 heavy (non-hydrogen) atoms. The Hall–Kier alpha value is -1.63. The standard InChI is InChI=1S/C23H30O2P2.C5.Fe/c1-17(27(22(2,3)4)23(5,6)7)18-11-8-12-19(18)26(20-13-9-15-24-20)21-14-10-16-25-21;1-2-4-5-3-1;/h8-10,12-17H,1-7H3;;/q2*-1;+2/t17-;;/m1../s1. The van der Waals surface area contributed by atoms with Gasteiger partial charge in [0, 0.05) is 0 Å². The van der Waals surface area contributed by atoms with E-state index >= 15 is 0 Å². The van der Waals surface area contributed by atoms with E-state index in [2.05, 4.69) is 108 Å². The van der Waals surface area contributed by atoms with E-state index in [1.807, 2.05) is 12.1 Å². The largest absolute Gasteiger partial charge is 2.00 e. The monoisotopic (exact) mass is 516 g/mol. The van der Waals surface area contributed by atoms with Crippen molar-refractivity contribution in [2.24, 2.45) is 0 Å². The summed E-state index contributed by atoms with van der Waals surface area (Å²) in [6.07, 6.45) is 8.50. The molecule has 2 aromatic heterocycles. The van der Waals surface area contributed by atoms with E-state index in [4.69, 9.17) is 8.83 Å². The Balaban J connectivity index is 0.000000568. The Bertz CT molecular complexity index is 1060. The zero-order chi connectivity index (χ0) is 23.4. The molecule has 4 rings (SSSR count). The summed E-state index contributed by atoms with van der Waals surface area (Å²) in [5, 5.41) is 1.82. The fourth-order valence-corrected chi connectivity index (χ4v) is 11.6. The zero-order valence-corrected chi connectivity index (χ0v) is 23.2. The van der Waals surface area contributed by atoms with Gasteiger partial charge in [0.1, 0.15) is 11.0 Å². The van der Waals surface area contributed by atoms with Gasteiger partial charge >= 0.3 is 17.1 Å². The van der Waals surface area contributed by atoms with Crippen LogP contribution in [0.1, 0.15) is 59.7 Å². The number of rotatable bonds is 5. The third-order valence-corrected chi connectivity index (χ3v) is 11.2. The summed E-state index contributed by atoms with van der Waals surface area (Å²) in [6.45, 7) is 16.7. The van der Waals surface area contributed by atoms with Crippen molar-refractivity contribution in [1.82, 2.24) is 0 Å². The van der Waals surface area contributed by atoms with Crippen LogP contribution in [0.5, 0.6) is 0 Å². The maximum absolute atomic E-state index is 5.83. The van der Waals surface area contributed by atoms with Gasteiger partial charge in [0.2, 0.25) is 0 Å². The van der Waals surface area contributed by atoms with Gasteiger partial charge in [0.05, 0.1) is 12.5 Å². The quantitative estimate of drug-likeness (QED) is 0.159. The maximum Gasteiger partial charge on any atom is 2.00 e. The van der Waals surface area contributed by atoms with E-state index in [1.54, 1.807) is 12.5 Å². The summed E-state index contributed by atoms with van der Waals surface area (Å²) in [5.41, 5.74) is 11.2.